The summed E-state index contributed by atoms with van der Waals surface area (Å²) < 4.78 is 6.61. The first-order valence-corrected chi connectivity index (χ1v) is 10.8. The lowest BCUT2D eigenvalue weighted by Crippen LogP contribution is -2.38. The zero-order chi connectivity index (χ0) is 22.1. The standard InChI is InChI=1S/C20H22ClN3O5S/c1-20(2,3)29-15(25)7-23-18(27)16-17(26)12-9-30-10-13(12)24(19(16)28)8-11-4-5-14(21)22-6-11/h4-6,26H,7-10H2,1-3H3,(H,23,27). The van der Waals surface area contributed by atoms with Crippen LogP contribution >= 0.6 is 23.4 Å². The maximum Gasteiger partial charge on any atom is 0.325 e. The molecule has 0 unspecified atom stereocenters. The molecule has 0 spiro atoms. The zero-order valence-corrected chi connectivity index (χ0v) is 18.4. The third-order valence-electron chi connectivity index (χ3n) is 4.31. The van der Waals surface area contributed by atoms with E-state index in [1.54, 1.807) is 39.1 Å². The number of aromatic nitrogens is 2. The second kappa shape index (κ2) is 8.69. The Morgan fingerprint density at radius 3 is 2.70 bits per heavy atom. The van der Waals surface area contributed by atoms with Crippen molar-refractivity contribution in [1.29, 1.82) is 0 Å². The Morgan fingerprint density at radius 1 is 1.33 bits per heavy atom. The van der Waals surface area contributed by atoms with Gasteiger partial charge < -0.3 is 19.7 Å². The SMILES string of the molecule is CC(C)(C)OC(=O)CNC(=O)c1c(O)c2c(n(Cc3ccc(Cl)nc3)c1=O)CSC2. The van der Waals surface area contributed by atoms with Crippen LogP contribution in [0.3, 0.4) is 0 Å². The number of esters is 1. The van der Waals surface area contributed by atoms with E-state index in [1.807, 2.05) is 0 Å². The van der Waals surface area contributed by atoms with Crippen LogP contribution in [0, 0.1) is 0 Å². The number of fused-ring (bicyclic) bond motifs is 1. The number of thioether (sulfide) groups is 1. The van der Waals surface area contributed by atoms with E-state index in [-0.39, 0.29) is 17.9 Å². The number of pyridine rings is 2. The van der Waals surface area contributed by atoms with Crippen LogP contribution in [-0.4, -0.2) is 38.7 Å². The molecule has 0 aromatic carbocycles. The van der Waals surface area contributed by atoms with Gasteiger partial charge in [0.15, 0.2) is 0 Å². The van der Waals surface area contributed by atoms with Crippen molar-refractivity contribution in [2.45, 2.75) is 44.4 Å². The summed E-state index contributed by atoms with van der Waals surface area (Å²) in [6.07, 6.45) is 1.55. The Bertz CT molecular complexity index is 1040. The Labute approximate surface area is 182 Å². The molecule has 0 aliphatic carbocycles. The van der Waals surface area contributed by atoms with Crippen LogP contribution < -0.4 is 10.9 Å². The number of carbonyl (C=O) groups is 2. The molecule has 30 heavy (non-hydrogen) atoms. The number of halogens is 1. The monoisotopic (exact) mass is 451 g/mol. The van der Waals surface area contributed by atoms with Crippen LogP contribution in [0.15, 0.2) is 23.1 Å². The predicted molar refractivity (Wildman–Crippen MR) is 114 cm³/mol. The molecule has 160 valence electrons. The van der Waals surface area contributed by atoms with Gasteiger partial charge in [0.25, 0.3) is 11.5 Å². The number of hydrogen-bond donors (Lipinski definition) is 2. The minimum absolute atomic E-state index is 0.179. The lowest BCUT2D eigenvalue weighted by Gasteiger charge is -2.20. The fraction of sp³-hybridized carbons (Fsp3) is 0.400. The van der Waals surface area contributed by atoms with Crippen LogP contribution in [0.1, 0.15) is 48.0 Å². The summed E-state index contributed by atoms with van der Waals surface area (Å²) in [5.41, 5.74) is 0.220. The second-order valence-corrected chi connectivity index (χ2v) is 9.16. The Hall–Kier alpha value is -2.52. The van der Waals surface area contributed by atoms with Crippen molar-refractivity contribution in [3.05, 3.63) is 56.2 Å². The zero-order valence-electron chi connectivity index (χ0n) is 16.8. The molecule has 0 fully saturated rings. The largest absolute Gasteiger partial charge is 0.507 e. The number of carbonyl (C=O) groups excluding carboxylic acids is 2. The molecular weight excluding hydrogens is 430 g/mol. The number of amides is 1. The first kappa shape index (κ1) is 22.2. The van der Waals surface area contributed by atoms with E-state index in [9.17, 15) is 19.5 Å². The number of aromatic hydroxyl groups is 1. The fourth-order valence-corrected chi connectivity index (χ4v) is 4.29. The summed E-state index contributed by atoms with van der Waals surface area (Å²) in [6, 6.07) is 3.36. The van der Waals surface area contributed by atoms with Gasteiger partial charge in [-0.15, -0.1) is 0 Å². The van der Waals surface area contributed by atoms with Gasteiger partial charge in [-0.3, -0.25) is 14.4 Å². The molecule has 2 aromatic heterocycles. The van der Waals surface area contributed by atoms with Crippen molar-refractivity contribution >= 4 is 35.2 Å². The van der Waals surface area contributed by atoms with Crippen molar-refractivity contribution in [1.82, 2.24) is 14.9 Å². The molecule has 1 aliphatic heterocycles. The van der Waals surface area contributed by atoms with Crippen molar-refractivity contribution in [2.75, 3.05) is 6.54 Å². The van der Waals surface area contributed by atoms with E-state index in [4.69, 9.17) is 16.3 Å². The molecule has 1 amide bonds. The third-order valence-corrected chi connectivity index (χ3v) is 5.50. The van der Waals surface area contributed by atoms with E-state index in [0.717, 1.165) is 5.56 Å². The molecular formula is C20H22ClN3O5S. The van der Waals surface area contributed by atoms with Crippen LogP contribution in [0.25, 0.3) is 0 Å². The number of nitrogens with one attached hydrogen (secondary N) is 1. The van der Waals surface area contributed by atoms with Gasteiger partial charge in [0.05, 0.1) is 6.54 Å². The predicted octanol–water partition coefficient (Wildman–Crippen LogP) is 2.47. The van der Waals surface area contributed by atoms with Crippen molar-refractivity contribution in [2.24, 2.45) is 0 Å². The molecule has 0 bridgehead atoms. The molecule has 0 atom stereocenters. The average molecular weight is 452 g/mol. The topological polar surface area (TPSA) is 111 Å². The highest BCUT2D eigenvalue weighted by atomic mass is 35.5. The molecule has 2 aromatic rings. The normalized spacial score (nSPS) is 13.1. The highest BCUT2D eigenvalue weighted by Crippen LogP contribution is 2.36. The van der Waals surface area contributed by atoms with Gasteiger partial charge in [0.1, 0.15) is 28.6 Å². The van der Waals surface area contributed by atoms with Gasteiger partial charge >= 0.3 is 5.97 Å². The van der Waals surface area contributed by atoms with E-state index in [0.29, 0.717) is 27.9 Å². The van der Waals surface area contributed by atoms with E-state index >= 15 is 0 Å². The van der Waals surface area contributed by atoms with Crippen molar-refractivity contribution in [3.8, 4) is 5.75 Å². The molecule has 3 rings (SSSR count). The summed E-state index contributed by atoms with van der Waals surface area (Å²) in [5.74, 6) is -0.788. The van der Waals surface area contributed by atoms with Gasteiger partial charge in [-0.05, 0) is 32.4 Å². The second-order valence-electron chi connectivity index (χ2n) is 7.79. The van der Waals surface area contributed by atoms with Gasteiger partial charge in [0.2, 0.25) is 0 Å². The van der Waals surface area contributed by atoms with E-state index in [1.165, 1.54) is 16.3 Å². The lowest BCUT2D eigenvalue weighted by molar-refractivity contribution is -0.153. The molecule has 0 radical (unpaired) electrons. The van der Waals surface area contributed by atoms with Gasteiger partial charge in [-0.25, -0.2) is 4.98 Å². The minimum atomic E-state index is -0.828. The first-order valence-electron chi connectivity index (χ1n) is 9.22. The molecule has 2 N–H and O–H groups in total. The Balaban J connectivity index is 1.91. The van der Waals surface area contributed by atoms with E-state index in [2.05, 4.69) is 10.3 Å². The molecule has 0 saturated heterocycles. The van der Waals surface area contributed by atoms with Crippen LogP contribution in [0.5, 0.6) is 5.75 Å². The highest BCUT2D eigenvalue weighted by Gasteiger charge is 2.29. The molecule has 10 heteroatoms. The van der Waals surface area contributed by atoms with Crippen LogP contribution in [-0.2, 0) is 27.6 Å². The molecule has 3 heterocycles. The van der Waals surface area contributed by atoms with Crippen LogP contribution in [0.4, 0.5) is 0 Å². The summed E-state index contributed by atoms with van der Waals surface area (Å²) >= 11 is 7.36. The van der Waals surface area contributed by atoms with Crippen LogP contribution in [0.2, 0.25) is 5.15 Å². The van der Waals surface area contributed by atoms with Gasteiger partial charge in [0, 0.05) is 29.0 Å². The summed E-state index contributed by atoms with van der Waals surface area (Å²) in [6.45, 7) is 4.89. The maximum absolute atomic E-state index is 13.1. The lowest BCUT2D eigenvalue weighted by atomic mass is 10.1. The summed E-state index contributed by atoms with van der Waals surface area (Å²) in [7, 11) is 0. The van der Waals surface area contributed by atoms with Gasteiger partial charge in [-0.2, -0.15) is 11.8 Å². The number of rotatable bonds is 5. The number of nitrogens with zero attached hydrogens (tertiary/aromatic N) is 2. The Morgan fingerprint density at radius 2 is 2.07 bits per heavy atom. The maximum atomic E-state index is 13.1. The van der Waals surface area contributed by atoms with Crippen molar-refractivity contribution in [3.63, 3.8) is 0 Å². The number of ether oxygens (including phenoxy) is 1. The van der Waals surface area contributed by atoms with E-state index < -0.39 is 29.6 Å². The minimum Gasteiger partial charge on any atom is -0.507 e. The smallest absolute Gasteiger partial charge is 0.325 e. The number of hydrogen-bond acceptors (Lipinski definition) is 7. The summed E-state index contributed by atoms with van der Waals surface area (Å²) in [4.78, 5) is 41.7. The molecule has 8 nitrogen and oxygen atoms in total. The first-order chi connectivity index (χ1) is 14.1. The van der Waals surface area contributed by atoms with Gasteiger partial charge in [-0.1, -0.05) is 17.7 Å². The molecule has 1 aliphatic rings. The molecule has 0 saturated carbocycles. The van der Waals surface area contributed by atoms with Crippen molar-refractivity contribution < 1.29 is 19.4 Å². The third kappa shape index (κ3) is 4.96. The quantitative estimate of drug-likeness (QED) is 0.530. The summed E-state index contributed by atoms with van der Waals surface area (Å²) in [5, 5.41) is 13.3. The average Bonchev–Trinajstić information content (AvgIpc) is 3.14. The Kier molecular flexibility index (Phi) is 6.42. The fourth-order valence-electron chi connectivity index (χ4n) is 3.05. The highest BCUT2D eigenvalue weighted by molar-refractivity contribution is 7.98.